The van der Waals surface area contributed by atoms with E-state index >= 15 is 0 Å². The Morgan fingerprint density at radius 1 is 1.12 bits per heavy atom. The molecule has 0 saturated heterocycles. The summed E-state index contributed by atoms with van der Waals surface area (Å²) in [5.74, 6) is 0.189. The van der Waals surface area contributed by atoms with Crippen LogP contribution in [0.1, 0.15) is 64.9 Å². The zero-order valence-corrected chi connectivity index (χ0v) is 17.4. The van der Waals surface area contributed by atoms with E-state index in [0.717, 1.165) is 44.2 Å². The average molecular weight is 383 g/mol. The van der Waals surface area contributed by atoms with Gasteiger partial charge in [-0.3, -0.25) is 4.79 Å². The second kappa shape index (κ2) is 11.3. The number of sulfonamides is 1. The minimum atomic E-state index is -3.42. The SMILES string of the molecule is CCCCCN(C(=O)CCc1ccc(S(=O)(=O)NC)cc1)C(C)CCC. The molecule has 1 unspecified atom stereocenters. The van der Waals surface area contributed by atoms with Crippen LogP contribution >= 0.6 is 0 Å². The lowest BCUT2D eigenvalue weighted by Gasteiger charge is -2.29. The molecule has 148 valence electrons. The summed E-state index contributed by atoms with van der Waals surface area (Å²) in [6, 6.07) is 7.02. The normalized spacial score (nSPS) is 12.8. The Labute approximate surface area is 159 Å². The smallest absolute Gasteiger partial charge is 0.240 e. The van der Waals surface area contributed by atoms with Gasteiger partial charge in [0.05, 0.1) is 4.90 Å². The summed E-state index contributed by atoms with van der Waals surface area (Å²) < 4.78 is 25.8. The highest BCUT2D eigenvalue weighted by Crippen LogP contribution is 2.15. The Morgan fingerprint density at radius 3 is 2.31 bits per heavy atom. The molecule has 1 aromatic carbocycles. The summed E-state index contributed by atoms with van der Waals surface area (Å²) in [7, 11) is -2.02. The fraction of sp³-hybridized carbons (Fsp3) is 0.650. The molecule has 0 heterocycles. The molecule has 6 heteroatoms. The van der Waals surface area contributed by atoms with E-state index in [0.29, 0.717) is 12.8 Å². The largest absolute Gasteiger partial charge is 0.340 e. The van der Waals surface area contributed by atoms with Crippen LogP contribution in [0.15, 0.2) is 29.2 Å². The second-order valence-corrected chi connectivity index (χ2v) is 8.67. The number of amides is 1. The average Bonchev–Trinajstić information content (AvgIpc) is 2.63. The Hall–Kier alpha value is -1.40. The van der Waals surface area contributed by atoms with E-state index in [1.807, 2.05) is 4.90 Å². The van der Waals surface area contributed by atoms with Crippen molar-refractivity contribution < 1.29 is 13.2 Å². The van der Waals surface area contributed by atoms with Crippen molar-refractivity contribution in [3.63, 3.8) is 0 Å². The van der Waals surface area contributed by atoms with Gasteiger partial charge >= 0.3 is 0 Å². The van der Waals surface area contributed by atoms with Crippen LogP contribution in [-0.4, -0.2) is 38.9 Å². The van der Waals surface area contributed by atoms with Crippen LogP contribution in [-0.2, 0) is 21.2 Å². The maximum Gasteiger partial charge on any atom is 0.240 e. The molecule has 0 spiro atoms. The first-order chi connectivity index (χ1) is 12.4. The number of unbranched alkanes of at least 4 members (excludes halogenated alkanes) is 2. The molecule has 1 rings (SSSR count). The third kappa shape index (κ3) is 7.08. The molecule has 0 fully saturated rings. The summed E-state index contributed by atoms with van der Waals surface area (Å²) in [4.78, 5) is 15.0. The highest BCUT2D eigenvalue weighted by atomic mass is 32.2. The predicted molar refractivity (Wildman–Crippen MR) is 107 cm³/mol. The molecule has 0 aliphatic rings. The Bertz CT molecular complexity index is 642. The first-order valence-corrected chi connectivity index (χ1v) is 11.2. The first-order valence-electron chi connectivity index (χ1n) is 9.67. The number of hydrogen-bond acceptors (Lipinski definition) is 3. The molecule has 5 nitrogen and oxygen atoms in total. The number of rotatable bonds is 12. The first kappa shape index (κ1) is 22.6. The van der Waals surface area contributed by atoms with E-state index in [2.05, 4.69) is 25.5 Å². The molecule has 1 amide bonds. The summed E-state index contributed by atoms with van der Waals surface area (Å²) >= 11 is 0. The van der Waals surface area contributed by atoms with Crippen molar-refractivity contribution in [1.82, 2.24) is 9.62 Å². The standard InChI is InChI=1S/C20H34N2O3S/c1-5-7-8-16-22(17(3)9-6-2)20(23)15-12-18-10-13-19(14-11-18)26(24,25)21-4/h10-11,13-14,17,21H,5-9,12,15-16H2,1-4H3. The lowest BCUT2D eigenvalue weighted by Crippen LogP contribution is -2.39. The Kier molecular flexibility index (Phi) is 9.88. The zero-order valence-electron chi connectivity index (χ0n) is 16.6. The highest BCUT2D eigenvalue weighted by molar-refractivity contribution is 7.89. The number of nitrogens with one attached hydrogen (secondary N) is 1. The van der Waals surface area contributed by atoms with Crippen LogP contribution in [0.3, 0.4) is 0 Å². The summed E-state index contributed by atoms with van der Waals surface area (Å²) in [5.41, 5.74) is 0.977. The number of aryl methyl sites for hydroxylation is 1. The summed E-state index contributed by atoms with van der Waals surface area (Å²) in [6.07, 6.45) is 6.51. The van der Waals surface area contributed by atoms with Crippen LogP contribution in [0.2, 0.25) is 0 Å². The molecule has 0 saturated carbocycles. The minimum Gasteiger partial charge on any atom is -0.340 e. The van der Waals surface area contributed by atoms with Crippen LogP contribution < -0.4 is 4.72 Å². The third-order valence-electron chi connectivity index (χ3n) is 4.69. The fourth-order valence-corrected chi connectivity index (χ4v) is 3.77. The van der Waals surface area contributed by atoms with Crippen molar-refractivity contribution in [1.29, 1.82) is 0 Å². The maximum absolute atomic E-state index is 12.7. The van der Waals surface area contributed by atoms with Gasteiger partial charge in [-0.15, -0.1) is 0 Å². The predicted octanol–water partition coefficient (Wildman–Crippen LogP) is 3.73. The van der Waals surface area contributed by atoms with Crippen molar-refractivity contribution in [2.75, 3.05) is 13.6 Å². The quantitative estimate of drug-likeness (QED) is 0.560. The molecular weight excluding hydrogens is 348 g/mol. The molecular formula is C20H34N2O3S. The Morgan fingerprint density at radius 2 is 1.77 bits per heavy atom. The molecule has 1 N–H and O–H groups in total. The second-order valence-electron chi connectivity index (χ2n) is 6.78. The number of carbonyl (C=O) groups excluding carboxylic acids is 1. The number of hydrogen-bond donors (Lipinski definition) is 1. The molecule has 1 aromatic rings. The number of benzene rings is 1. The maximum atomic E-state index is 12.7. The van der Waals surface area contributed by atoms with E-state index in [9.17, 15) is 13.2 Å². The highest BCUT2D eigenvalue weighted by Gasteiger charge is 2.19. The molecule has 1 atom stereocenters. The van der Waals surface area contributed by atoms with Crippen LogP contribution in [0.5, 0.6) is 0 Å². The van der Waals surface area contributed by atoms with Gasteiger partial charge in [0.1, 0.15) is 0 Å². The van der Waals surface area contributed by atoms with Crippen molar-refractivity contribution in [3.05, 3.63) is 29.8 Å². The van der Waals surface area contributed by atoms with Crippen molar-refractivity contribution >= 4 is 15.9 Å². The zero-order chi connectivity index (χ0) is 19.6. The van der Waals surface area contributed by atoms with Crippen LogP contribution in [0.4, 0.5) is 0 Å². The lowest BCUT2D eigenvalue weighted by atomic mass is 10.1. The molecule has 0 aliphatic heterocycles. The molecule has 0 aliphatic carbocycles. The van der Waals surface area contributed by atoms with Gasteiger partial charge in [0.15, 0.2) is 0 Å². The van der Waals surface area contributed by atoms with Crippen LogP contribution in [0, 0.1) is 0 Å². The monoisotopic (exact) mass is 382 g/mol. The third-order valence-corrected chi connectivity index (χ3v) is 6.12. The molecule has 0 bridgehead atoms. The van der Waals surface area contributed by atoms with Crippen molar-refractivity contribution in [2.45, 2.75) is 76.7 Å². The van der Waals surface area contributed by atoms with Crippen LogP contribution in [0.25, 0.3) is 0 Å². The van der Waals surface area contributed by atoms with E-state index in [1.165, 1.54) is 7.05 Å². The lowest BCUT2D eigenvalue weighted by molar-refractivity contribution is -0.133. The van der Waals surface area contributed by atoms with Gasteiger partial charge in [0, 0.05) is 19.0 Å². The number of nitrogens with zero attached hydrogens (tertiary/aromatic N) is 1. The van der Waals surface area contributed by atoms with E-state index < -0.39 is 10.0 Å². The minimum absolute atomic E-state index is 0.189. The van der Waals surface area contributed by atoms with E-state index in [-0.39, 0.29) is 16.8 Å². The van der Waals surface area contributed by atoms with Gasteiger partial charge < -0.3 is 4.90 Å². The van der Waals surface area contributed by atoms with E-state index in [1.54, 1.807) is 24.3 Å². The van der Waals surface area contributed by atoms with Gasteiger partial charge in [0.25, 0.3) is 0 Å². The fourth-order valence-electron chi connectivity index (χ4n) is 3.04. The van der Waals surface area contributed by atoms with E-state index in [4.69, 9.17) is 0 Å². The summed E-state index contributed by atoms with van der Waals surface area (Å²) in [6.45, 7) is 7.27. The van der Waals surface area contributed by atoms with Gasteiger partial charge in [0.2, 0.25) is 15.9 Å². The Balaban J connectivity index is 2.68. The van der Waals surface area contributed by atoms with Gasteiger partial charge in [-0.05, 0) is 50.9 Å². The topological polar surface area (TPSA) is 66.5 Å². The van der Waals surface area contributed by atoms with Crippen molar-refractivity contribution in [3.8, 4) is 0 Å². The van der Waals surface area contributed by atoms with Gasteiger partial charge in [-0.25, -0.2) is 13.1 Å². The molecule has 26 heavy (non-hydrogen) atoms. The van der Waals surface area contributed by atoms with Crippen molar-refractivity contribution in [2.24, 2.45) is 0 Å². The van der Waals surface area contributed by atoms with Gasteiger partial charge in [-0.1, -0.05) is 45.2 Å². The summed E-state index contributed by atoms with van der Waals surface area (Å²) in [5, 5.41) is 0. The molecule has 0 aromatic heterocycles. The number of carbonyl (C=O) groups is 1. The van der Waals surface area contributed by atoms with Gasteiger partial charge in [-0.2, -0.15) is 0 Å². The molecule has 0 radical (unpaired) electrons.